The van der Waals surface area contributed by atoms with Crippen molar-refractivity contribution in [2.75, 3.05) is 4.72 Å². The number of nitrogens with zero attached hydrogens (tertiary/aromatic N) is 1. The summed E-state index contributed by atoms with van der Waals surface area (Å²) in [6, 6.07) is 6.84. The van der Waals surface area contributed by atoms with Gasteiger partial charge in [-0.15, -0.1) is 11.6 Å². The van der Waals surface area contributed by atoms with Gasteiger partial charge in [0.15, 0.2) is 10.7 Å². The van der Waals surface area contributed by atoms with Crippen molar-refractivity contribution >= 4 is 27.3 Å². The molecule has 2 aromatic rings. The summed E-state index contributed by atoms with van der Waals surface area (Å²) in [4.78, 5) is 0.0777. The van der Waals surface area contributed by atoms with Crippen LogP contribution in [0.1, 0.15) is 17.0 Å². The van der Waals surface area contributed by atoms with Crippen LogP contribution in [0, 0.1) is 13.8 Å². The Morgan fingerprint density at radius 1 is 1.26 bits per heavy atom. The molecule has 2 rings (SSSR count). The van der Waals surface area contributed by atoms with Gasteiger partial charge in [0.05, 0.1) is 0 Å². The van der Waals surface area contributed by atoms with Crippen LogP contribution in [0.15, 0.2) is 33.7 Å². The lowest BCUT2D eigenvalue weighted by Crippen LogP contribution is -2.14. The first kappa shape index (κ1) is 13.9. The molecule has 0 bridgehead atoms. The molecule has 0 amide bonds. The van der Waals surface area contributed by atoms with Crippen LogP contribution >= 0.6 is 11.6 Å². The van der Waals surface area contributed by atoms with Crippen molar-refractivity contribution in [2.24, 2.45) is 0 Å². The average molecular weight is 301 g/mol. The molecule has 1 aromatic carbocycles. The molecule has 0 aliphatic carbocycles. The van der Waals surface area contributed by atoms with Crippen molar-refractivity contribution in [1.29, 1.82) is 0 Å². The maximum absolute atomic E-state index is 12.2. The summed E-state index contributed by atoms with van der Waals surface area (Å²) in [7, 11) is -3.69. The van der Waals surface area contributed by atoms with Crippen LogP contribution in [-0.4, -0.2) is 13.6 Å². The fourth-order valence-corrected chi connectivity index (χ4v) is 3.29. The zero-order valence-electron chi connectivity index (χ0n) is 10.5. The summed E-state index contributed by atoms with van der Waals surface area (Å²) in [6.07, 6.45) is 0. The Labute approximate surface area is 116 Å². The topological polar surface area (TPSA) is 72.2 Å². The van der Waals surface area contributed by atoms with Crippen molar-refractivity contribution in [3.63, 3.8) is 0 Å². The third-order valence-electron chi connectivity index (χ3n) is 2.60. The lowest BCUT2D eigenvalue weighted by molar-refractivity contribution is 0.390. The van der Waals surface area contributed by atoms with E-state index in [9.17, 15) is 8.42 Å². The molecule has 0 unspecified atom stereocenters. The predicted molar refractivity (Wildman–Crippen MR) is 72.8 cm³/mol. The molecule has 0 spiro atoms. The Morgan fingerprint density at radius 2 is 1.89 bits per heavy atom. The fourth-order valence-electron chi connectivity index (χ4n) is 1.73. The predicted octanol–water partition coefficient (Wildman–Crippen LogP) is 2.83. The first-order chi connectivity index (χ1) is 8.94. The van der Waals surface area contributed by atoms with Crippen LogP contribution < -0.4 is 4.72 Å². The highest BCUT2D eigenvalue weighted by Gasteiger charge is 2.24. The monoisotopic (exact) mass is 300 g/mol. The second kappa shape index (κ2) is 5.22. The number of anilines is 1. The fraction of sp³-hybridized carbons (Fsp3) is 0.250. The van der Waals surface area contributed by atoms with E-state index in [1.54, 1.807) is 38.1 Å². The SMILES string of the molecule is Cc1noc(C)c1S(=O)(=O)Nc1ccc(CCl)cc1. The summed E-state index contributed by atoms with van der Waals surface area (Å²) in [5.74, 6) is 0.652. The minimum Gasteiger partial charge on any atom is -0.360 e. The Kier molecular flexibility index (Phi) is 3.82. The second-order valence-corrected chi connectivity index (χ2v) is 5.98. The van der Waals surface area contributed by atoms with Crippen LogP contribution in [0.25, 0.3) is 0 Å². The van der Waals surface area contributed by atoms with Crippen molar-refractivity contribution in [2.45, 2.75) is 24.6 Å². The maximum atomic E-state index is 12.2. The minimum atomic E-state index is -3.69. The molecular weight excluding hydrogens is 288 g/mol. The first-order valence-electron chi connectivity index (χ1n) is 5.54. The lowest BCUT2D eigenvalue weighted by atomic mass is 10.2. The number of rotatable bonds is 4. The van der Waals surface area contributed by atoms with Gasteiger partial charge in [0.1, 0.15) is 5.69 Å². The number of alkyl halides is 1. The van der Waals surface area contributed by atoms with E-state index in [0.29, 0.717) is 17.3 Å². The minimum absolute atomic E-state index is 0.0777. The summed E-state index contributed by atoms with van der Waals surface area (Å²) in [5, 5.41) is 3.64. The Balaban J connectivity index is 2.31. The van der Waals surface area contributed by atoms with Gasteiger partial charge in [-0.1, -0.05) is 17.3 Å². The molecule has 0 aliphatic rings. The third kappa shape index (κ3) is 2.90. The number of benzene rings is 1. The normalized spacial score (nSPS) is 11.5. The highest BCUT2D eigenvalue weighted by Crippen LogP contribution is 2.22. The number of hydrogen-bond acceptors (Lipinski definition) is 4. The largest absolute Gasteiger partial charge is 0.360 e. The van der Waals surface area contributed by atoms with Crippen molar-refractivity contribution < 1.29 is 12.9 Å². The third-order valence-corrected chi connectivity index (χ3v) is 4.53. The number of sulfonamides is 1. The van der Waals surface area contributed by atoms with Gasteiger partial charge in [-0.2, -0.15) is 0 Å². The molecule has 5 nitrogen and oxygen atoms in total. The average Bonchev–Trinajstić information content (AvgIpc) is 2.70. The molecule has 0 saturated heterocycles. The van der Waals surface area contributed by atoms with E-state index < -0.39 is 10.0 Å². The number of aryl methyl sites for hydroxylation is 2. The standard InChI is InChI=1S/C12H13ClN2O3S/c1-8-12(9(2)18-14-8)19(16,17)15-11-5-3-10(7-13)4-6-11/h3-6,15H,7H2,1-2H3. The van der Waals surface area contributed by atoms with E-state index in [0.717, 1.165) is 5.56 Å². The number of aromatic nitrogens is 1. The summed E-state index contributed by atoms with van der Waals surface area (Å²) in [5.41, 5.74) is 1.72. The van der Waals surface area contributed by atoms with Crippen LogP contribution in [0.4, 0.5) is 5.69 Å². The molecule has 7 heteroatoms. The summed E-state index contributed by atoms with van der Waals surface area (Å²) < 4.78 is 31.8. The molecule has 1 heterocycles. The van der Waals surface area contributed by atoms with E-state index in [4.69, 9.17) is 16.1 Å². The highest BCUT2D eigenvalue weighted by molar-refractivity contribution is 7.92. The molecule has 0 saturated carbocycles. The maximum Gasteiger partial charge on any atom is 0.267 e. The molecule has 0 fully saturated rings. The van der Waals surface area contributed by atoms with Crippen molar-refractivity contribution in [3.05, 3.63) is 41.3 Å². The van der Waals surface area contributed by atoms with Gasteiger partial charge < -0.3 is 4.52 Å². The van der Waals surface area contributed by atoms with Crippen molar-refractivity contribution in [1.82, 2.24) is 5.16 Å². The molecule has 0 aliphatic heterocycles. The van der Waals surface area contributed by atoms with E-state index in [2.05, 4.69) is 9.88 Å². The van der Waals surface area contributed by atoms with Crippen molar-refractivity contribution in [3.8, 4) is 0 Å². The zero-order valence-corrected chi connectivity index (χ0v) is 12.0. The Hall–Kier alpha value is -1.53. The van der Waals surface area contributed by atoms with Crippen LogP contribution in [0.5, 0.6) is 0 Å². The van der Waals surface area contributed by atoms with Gasteiger partial charge in [0, 0.05) is 11.6 Å². The zero-order chi connectivity index (χ0) is 14.0. The number of halogens is 1. The smallest absolute Gasteiger partial charge is 0.267 e. The van der Waals surface area contributed by atoms with E-state index in [1.165, 1.54) is 0 Å². The Morgan fingerprint density at radius 3 is 2.37 bits per heavy atom. The molecule has 102 valence electrons. The molecular formula is C12H13ClN2O3S. The van der Waals surface area contributed by atoms with Gasteiger partial charge in [-0.25, -0.2) is 8.42 Å². The summed E-state index contributed by atoms with van der Waals surface area (Å²) in [6.45, 7) is 3.15. The van der Waals surface area contributed by atoms with Crippen LogP contribution in [0.2, 0.25) is 0 Å². The lowest BCUT2D eigenvalue weighted by Gasteiger charge is -2.07. The first-order valence-corrected chi connectivity index (χ1v) is 7.56. The van der Waals surface area contributed by atoms with Crippen LogP contribution in [-0.2, 0) is 15.9 Å². The molecule has 0 atom stereocenters. The van der Waals surface area contributed by atoms with Gasteiger partial charge in [0.2, 0.25) is 0 Å². The summed E-state index contributed by atoms with van der Waals surface area (Å²) >= 11 is 5.68. The Bertz CT molecular complexity index is 658. The second-order valence-electron chi connectivity index (χ2n) is 4.09. The number of nitrogens with one attached hydrogen (secondary N) is 1. The van der Waals surface area contributed by atoms with Gasteiger partial charge in [0.25, 0.3) is 10.0 Å². The molecule has 19 heavy (non-hydrogen) atoms. The van der Waals surface area contributed by atoms with E-state index in [-0.39, 0.29) is 10.7 Å². The van der Waals surface area contributed by atoms with Crippen LogP contribution in [0.3, 0.4) is 0 Å². The molecule has 1 aromatic heterocycles. The van der Waals surface area contributed by atoms with Gasteiger partial charge in [-0.3, -0.25) is 4.72 Å². The van der Waals surface area contributed by atoms with E-state index in [1.807, 2.05) is 0 Å². The molecule has 1 N–H and O–H groups in total. The highest BCUT2D eigenvalue weighted by atomic mass is 35.5. The van der Waals surface area contributed by atoms with E-state index >= 15 is 0 Å². The quantitative estimate of drug-likeness (QED) is 0.881. The van der Waals surface area contributed by atoms with Gasteiger partial charge >= 0.3 is 0 Å². The molecule has 0 radical (unpaired) electrons. The van der Waals surface area contributed by atoms with Gasteiger partial charge in [-0.05, 0) is 31.5 Å². The number of hydrogen-bond donors (Lipinski definition) is 1.